The van der Waals surface area contributed by atoms with Gasteiger partial charge in [0.15, 0.2) is 0 Å². The van der Waals surface area contributed by atoms with Gasteiger partial charge < -0.3 is 5.11 Å². The summed E-state index contributed by atoms with van der Waals surface area (Å²) in [4.78, 5) is 14.1. The van der Waals surface area contributed by atoms with Crippen LogP contribution in [0.15, 0.2) is 29.3 Å². The van der Waals surface area contributed by atoms with Crippen molar-refractivity contribution >= 4 is 11.3 Å². The molecule has 0 aromatic carbocycles. The van der Waals surface area contributed by atoms with Crippen LogP contribution in [0, 0.1) is 11.8 Å². The van der Waals surface area contributed by atoms with Crippen molar-refractivity contribution in [3.05, 3.63) is 44.8 Å². The van der Waals surface area contributed by atoms with Crippen molar-refractivity contribution in [3.8, 4) is 11.8 Å². The zero-order chi connectivity index (χ0) is 13.2. The van der Waals surface area contributed by atoms with E-state index in [9.17, 15) is 4.79 Å². The fraction of sp³-hybridized carbons (Fsp3) is 0.357. The normalized spacial score (nSPS) is 14.2. The summed E-state index contributed by atoms with van der Waals surface area (Å²) in [7, 11) is 0. The van der Waals surface area contributed by atoms with Crippen LogP contribution in [0.2, 0.25) is 0 Å². The van der Waals surface area contributed by atoms with Crippen molar-refractivity contribution in [3.63, 3.8) is 0 Å². The van der Waals surface area contributed by atoms with Gasteiger partial charge in [0.25, 0.3) is 0 Å². The number of aromatic nitrogens is 2. The number of hydrogen-bond acceptors (Lipinski definition) is 3. The van der Waals surface area contributed by atoms with Crippen molar-refractivity contribution in [2.45, 2.75) is 25.4 Å². The first-order valence-electron chi connectivity index (χ1n) is 6.23. The Labute approximate surface area is 114 Å². The summed E-state index contributed by atoms with van der Waals surface area (Å²) < 4.78 is 3.55. The molecule has 0 spiro atoms. The second-order valence-corrected chi connectivity index (χ2v) is 5.74. The van der Waals surface area contributed by atoms with E-state index in [0.29, 0.717) is 12.6 Å². The minimum atomic E-state index is -0.128. The number of thiophene rings is 1. The molecule has 1 saturated carbocycles. The van der Waals surface area contributed by atoms with Gasteiger partial charge in [0.05, 0.1) is 11.4 Å². The largest absolute Gasteiger partial charge is 0.384 e. The van der Waals surface area contributed by atoms with E-state index in [2.05, 4.69) is 11.8 Å². The van der Waals surface area contributed by atoms with Crippen molar-refractivity contribution in [1.82, 2.24) is 9.13 Å². The van der Waals surface area contributed by atoms with Crippen LogP contribution >= 0.6 is 11.3 Å². The van der Waals surface area contributed by atoms with E-state index in [1.807, 2.05) is 29.1 Å². The Hall–Kier alpha value is -1.77. The molecule has 0 amide bonds. The lowest BCUT2D eigenvalue weighted by molar-refractivity contribution is 0.350. The molecule has 2 aromatic heterocycles. The average Bonchev–Trinajstić information content (AvgIpc) is 3.05. The lowest BCUT2D eigenvalue weighted by atomic mass is 10.4. The molecule has 1 aliphatic rings. The maximum atomic E-state index is 12.1. The highest BCUT2D eigenvalue weighted by Crippen LogP contribution is 2.33. The molecular weight excluding hydrogens is 260 g/mol. The number of rotatable bonds is 3. The van der Waals surface area contributed by atoms with Crippen molar-refractivity contribution in [1.29, 1.82) is 0 Å². The molecule has 1 N–H and O–H groups in total. The Kier molecular flexibility index (Phi) is 3.28. The lowest BCUT2D eigenvalue weighted by Gasteiger charge is -1.98. The Morgan fingerprint density at radius 1 is 1.37 bits per heavy atom. The van der Waals surface area contributed by atoms with Crippen LogP contribution in [0.25, 0.3) is 0 Å². The molecule has 1 aliphatic carbocycles. The molecule has 0 radical (unpaired) electrons. The monoisotopic (exact) mass is 274 g/mol. The molecule has 0 bridgehead atoms. The molecule has 0 aliphatic heterocycles. The highest BCUT2D eigenvalue weighted by molar-refractivity contribution is 7.12. The van der Waals surface area contributed by atoms with Gasteiger partial charge in [-0.05, 0) is 25.0 Å². The molecule has 2 aromatic rings. The maximum Gasteiger partial charge on any atom is 0.328 e. The Morgan fingerprint density at radius 3 is 2.95 bits per heavy atom. The summed E-state index contributed by atoms with van der Waals surface area (Å²) in [5.74, 6) is 5.50. The van der Waals surface area contributed by atoms with Crippen molar-refractivity contribution < 1.29 is 5.11 Å². The van der Waals surface area contributed by atoms with E-state index in [-0.39, 0.29) is 12.3 Å². The van der Waals surface area contributed by atoms with Crippen LogP contribution in [0.4, 0.5) is 0 Å². The molecule has 4 nitrogen and oxygen atoms in total. The first kappa shape index (κ1) is 12.3. The summed E-state index contributed by atoms with van der Waals surface area (Å²) in [6, 6.07) is 4.32. The van der Waals surface area contributed by atoms with Crippen LogP contribution in [0.1, 0.15) is 28.6 Å². The molecule has 98 valence electrons. The van der Waals surface area contributed by atoms with Gasteiger partial charge in [0, 0.05) is 23.3 Å². The Morgan fingerprint density at radius 2 is 2.21 bits per heavy atom. The Bertz CT molecular complexity index is 695. The molecule has 5 heteroatoms. The second-order valence-electron chi connectivity index (χ2n) is 4.57. The highest BCUT2D eigenvalue weighted by Gasteiger charge is 2.25. The zero-order valence-electron chi connectivity index (χ0n) is 10.4. The van der Waals surface area contributed by atoms with Gasteiger partial charge >= 0.3 is 5.69 Å². The minimum Gasteiger partial charge on any atom is -0.384 e. The molecule has 0 saturated heterocycles. The molecular formula is C14H14N2O2S. The second kappa shape index (κ2) is 5.08. The average molecular weight is 274 g/mol. The fourth-order valence-corrected chi connectivity index (χ4v) is 2.89. The van der Waals surface area contributed by atoms with Crippen LogP contribution in [-0.4, -0.2) is 20.8 Å². The predicted molar refractivity (Wildman–Crippen MR) is 74.3 cm³/mol. The van der Waals surface area contributed by atoms with E-state index in [4.69, 9.17) is 5.11 Å². The first-order chi connectivity index (χ1) is 9.28. The van der Waals surface area contributed by atoms with Crippen LogP contribution < -0.4 is 5.69 Å². The lowest BCUT2D eigenvalue weighted by Crippen LogP contribution is -2.23. The van der Waals surface area contributed by atoms with E-state index >= 15 is 0 Å². The topological polar surface area (TPSA) is 47.2 Å². The number of imidazole rings is 1. The van der Waals surface area contributed by atoms with Gasteiger partial charge in [0.1, 0.15) is 6.61 Å². The number of nitrogens with zero attached hydrogens (tertiary/aromatic N) is 2. The van der Waals surface area contributed by atoms with Crippen LogP contribution in [0.5, 0.6) is 0 Å². The van der Waals surface area contributed by atoms with E-state index in [1.165, 1.54) is 0 Å². The first-order valence-corrected chi connectivity index (χ1v) is 7.05. The van der Waals surface area contributed by atoms with Crippen molar-refractivity contribution in [2.75, 3.05) is 6.61 Å². The molecule has 2 heterocycles. The zero-order valence-corrected chi connectivity index (χ0v) is 11.2. The SMILES string of the molecule is O=c1n(Cc2ccc(C#CCO)s2)ccn1C1CC1. The number of aliphatic hydroxyl groups excluding tert-OH is 1. The van der Waals surface area contributed by atoms with Gasteiger partial charge in [-0.25, -0.2) is 4.79 Å². The Balaban J connectivity index is 1.77. The molecule has 3 rings (SSSR count). The van der Waals surface area contributed by atoms with Crippen LogP contribution in [0.3, 0.4) is 0 Å². The molecule has 1 fully saturated rings. The molecule has 0 atom stereocenters. The van der Waals surface area contributed by atoms with Gasteiger partial charge in [0.2, 0.25) is 0 Å². The summed E-state index contributed by atoms with van der Waals surface area (Å²) in [6.07, 6.45) is 5.95. The predicted octanol–water partition coefficient (Wildman–Crippen LogP) is 1.44. The summed E-state index contributed by atoms with van der Waals surface area (Å²) in [5, 5.41) is 8.65. The maximum absolute atomic E-state index is 12.1. The van der Waals surface area contributed by atoms with E-state index < -0.39 is 0 Å². The van der Waals surface area contributed by atoms with E-state index in [0.717, 1.165) is 22.6 Å². The minimum absolute atomic E-state index is 0.0684. The fourth-order valence-electron chi connectivity index (χ4n) is 2.00. The third-order valence-corrected chi connectivity index (χ3v) is 4.08. The molecule has 0 unspecified atom stereocenters. The summed E-state index contributed by atoms with van der Waals surface area (Å²) in [5.41, 5.74) is 0.0684. The number of aliphatic hydroxyl groups is 1. The van der Waals surface area contributed by atoms with Crippen LogP contribution in [-0.2, 0) is 6.54 Å². The third kappa shape index (κ3) is 2.65. The standard InChI is InChI=1S/C14H14N2O2S/c17-9-1-2-12-5-6-13(19-12)10-15-7-8-16(14(15)18)11-3-4-11/h5-8,11,17H,3-4,9-10H2. The quantitative estimate of drug-likeness (QED) is 0.861. The smallest absolute Gasteiger partial charge is 0.328 e. The third-order valence-electron chi connectivity index (χ3n) is 3.09. The molecule has 19 heavy (non-hydrogen) atoms. The van der Waals surface area contributed by atoms with Gasteiger partial charge in [-0.3, -0.25) is 9.13 Å². The van der Waals surface area contributed by atoms with Gasteiger partial charge in [-0.15, -0.1) is 11.3 Å². The number of hydrogen-bond donors (Lipinski definition) is 1. The highest BCUT2D eigenvalue weighted by atomic mass is 32.1. The van der Waals surface area contributed by atoms with Gasteiger partial charge in [-0.1, -0.05) is 11.8 Å². The van der Waals surface area contributed by atoms with Crippen molar-refractivity contribution in [2.24, 2.45) is 0 Å². The van der Waals surface area contributed by atoms with Gasteiger partial charge in [-0.2, -0.15) is 0 Å². The summed E-state index contributed by atoms with van der Waals surface area (Å²) in [6.45, 7) is 0.459. The summed E-state index contributed by atoms with van der Waals surface area (Å²) >= 11 is 1.56. The van der Waals surface area contributed by atoms with E-state index in [1.54, 1.807) is 15.9 Å².